The second-order valence-electron chi connectivity index (χ2n) is 3.39. The van der Waals surface area contributed by atoms with Crippen molar-refractivity contribution in [2.45, 2.75) is 24.6 Å². The van der Waals surface area contributed by atoms with Gasteiger partial charge in [-0.05, 0) is 0 Å². The summed E-state index contributed by atoms with van der Waals surface area (Å²) in [6.07, 6.45) is -3.71. The first-order valence-corrected chi connectivity index (χ1v) is 4.90. The Morgan fingerprint density at radius 1 is 1.28 bits per heavy atom. The zero-order chi connectivity index (χ0) is 13.7. The lowest BCUT2D eigenvalue weighted by molar-refractivity contribution is -0.132. The summed E-state index contributed by atoms with van der Waals surface area (Å²) in [7, 11) is 0. The molecule has 10 heteroatoms. The number of hydrogen-bond donors (Lipinski definition) is 6. The van der Waals surface area contributed by atoms with Gasteiger partial charge < -0.3 is 25.2 Å². The van der Waals surface area contributed by atoms with Crippen molar-refractivity contribution >= 4 is 0 Å². The maximum Gasteiger partial charge on any atom is 0.350 e. The van der Waals surface area contributed by atoms with E-state index in [1.54, 1.807) is 0 Å². The molecule has 10 nitrogen and oxygen atoms in total. The van der Waals surface area contributed by atoms with Crippen LogP contribution in [0.5, 0.6) is 0 Å². The average Bonchev–Trinajstić information content (AvgIpc) is 2.57. The quantitative estimate of drug-likeness (QED) is 0.297. The van der Waals surface area contributed by atoms with Gasteiger partial charge in [0.1, 0.15) is 24.6 Å². The highest BCUT2D eigenvalue weighted by Gasteiger charge is 2.41. The van der Waals surface area contributed by atoms with E-state index < -0.39 is 42.6 Å². The lowest BCUT2D eigenvalue weighted by Crippen LogP contribution is -2.33. The van der Waals surface area contributed by atoms with Gasteiger partial charge in [-0.25, -0.2) is 9.59 Å². The van der Waals surface area contributed by atoms with Crippen molar-refractivity contribution in [3.8, 4) is 0 Å². The van der Waals surface area contributed by atoms with Crippen molar-refractivity contribution in [1.29, 1.82) is 0 Å². The Hall–Kier alpha value is -1.59. The van der Waals surface area contributed by atoms with Crippen LogP contribution in [0.4, 0.5) is 0 Å². The number of rotatable bonds is 1. The van der Waals surface area contributed by atoms with E-state index in [9.17, 15) is 9.59 Å². The van der Waals surface area contributed by atoms with Crippen LogP contribution in [0, 0.1) is 0 Å². The van der Waals surface area contributed by atoms with Crippen LogP contribution in [-0.4, -0.2) is 66.6 Å². The largest absolute Gasteiger partial charge is 0.394 e. The Balaban J connectivity index is 0.000000184. The third-order valence-corrected chi connectivity index (χ3v) is 2.12. The van der Waals surface area contributed by atoms with Crippen LogP contribution in [0.1, 0.15) is 0 Å². The standard InChI is InChI=1S/C5H10O5.C3H3N3O2/c6-1-2-3(7)4(8)5(9)10-2;7-2-4-1-5-3(8)6-2/h2-9H,1H2;1H,(H2,4,5,6,7,8)/t2-,3-,4-,5?;/m1./s1. The number of H-pyrrole nitrogens is 2. The predicted octanol–water partition coefficient (Wildman–Crippen LogP) is -4.12. The molecule has 1 saturated heterocycles. The molecule has 0 aliphatic carbocycles. The fourth-order valence-electron chi connectivity index (χ4n) is 1.19. The Kier molecular flexibility index (Phi) is 5.12. The Bertz CT molecular complexity index is 447. The molecule has 18 heavy (non-hydrogen) atoms. The highest BCUT2D eigenvalue weighted by molar-refractivity contribution is 4.84. The molecule has 2 heterocycles. The number of aliphatic hydroxyl groups is 4. The Morgan fingerprint density at radius 3 is 2.22 bits per heavy atom. The minimum atomic E-state index is -1.38. The molecular weight excluding hydrogens is 250 g/mol. The van der Waals surface area contributed by atoms with Gasteiger partial charge in [-0.15, -0.1) is 0 Å². The van der Waals surface area contributed by atoms with E-state index in [-0.39, 0.29) is 0 Å². The number of nitrogens with zero attached hydrogens (tertiary/aromatic N) is 1. The highest BCUT2D eigenvalue weighted by atomic mass is 16.6. The summed E-state index contributed by atoms with van der Waals surface area (Å²) < 4.78 is 4.54. The van der Waals surface area contributed by atoms with Gasteiger partial charge in [-0.2, -0.15) is 4.98 Å². The Morgan fingerprint density at radius 2 is 1.94 bits per heavy atom. The number of hydrogen-bond acceptors (Lipinski definition) is 8. The fourth-order valence-corrected chi connectivity index (χ4v) is 1.19. The van der Waals surface area contributed by atoms with Crippen molar-refractivity contribution in [2.75, 3.05) is 6.61 Å². The van der Waals surface area contributed by atoms with Crippen molar-refractivity contribution in [3.05, 3.63) is 27.3 Å². The molecule has 6 N–H and O–H groups in total. The number of nitrogens with one attached hydrogen (secondary N) is 2. The molecule has 1 fully saturated rings. The van der Waals surface area contributed by atoms with E-state index in [0.29, 0.717) is 0 Å². The van der Waals surface area contributed by atoms with Gasteiger partial charge in [-0.3, -0.25) is 9.97 Å². The van der Waals surface area contributed by atoms with E-state index in [1.165, 1.54) is 0 Å². The van der Waals surface area contributed by atoms with Gasteiger partial charge in [0.05, 0.1) is 6.61 Å². The van der Waals surface area contributed by atoms with Crippen LogP contribution in [0.3, 0.4) is 0 Å². The third kappa shape index (κ3) is 3.72. The van der Waals surface area contributed by atoms with E-state index >= 15 is 0 Å². The second kappa shape index (κ2) is 6.37. The van der Waals surface area contributed by atoms with Crippen LogP contribution in [0.2, 0.25) is 0 Å². The van der Waals surface area contributed by atoms with Crippen molar-refractivity contribution in [3.63, 3.8) is 0 Å². The molecule has 0 bridgehead atoms. The summed E-state index contributed by atoms with van der Waals surface area (Å²) in [5, 5.41) is 35.0. The first-order chi connectivity index (χ1) is 8.45. The lowest BCUT2D eigenvalue weighted by Gasteiger charge is -2.09. The van der Waals surface area contributed by atoms with Gasteiger partial charge in [-0.1, -0.05) is 0 Å². The van der Waals surface area contributed by atoms with Gasteiger partial charge in [0.2, 0.25) is 0 Å². The monoisotopic (exact) mass is 263 g/mol. The maximum absolute atomic E-state index is 10.1. The molecule has 1 aliphatic heterocycles. The van der Waals surface area contributed by atoms with Crippen LogP contribution in [0.25, 0.3) is 0 Å². The summed E-state index contributed by atoms with van der Waals surface area (Å²) in [5.41, 5.74) is -1.17. The molecule has 1 aromatic heterocycles. The summed E-state index contributed by atoms with van der Waals surface area (Å²) in [4.78, 5) is 27.5. The van der Waals surface area contributed by atoms with Gasteiger partial charge in [0.25, 0.3) is 0 Å². The number of aromatic amines is 2. The molecule has 0 spiro atoms. The molecule has 0 radical (unpaired) electrons. The van der Waals surface area contributed by atoms with Crippen molar-refractivity contribution in [2.24, 2.45) is 0 Å². The first kappa shape index (κ1) is 14.5. The second-order valence-corrected chi connectivity index (χ2v) is 3.39. The van der Waals surface area contributed by atoms with E-state index in [1.807, 2.05) is 4.98 Å². The van der Waals surface area contributed by atoms with E-state index in [4.69, 9.17) is 20.4 Å². The highest BCUT2D eigenvalue weighted by Crippen LogP contribution is 2.18. The first-order valence-electron chi connectivity index (χ1n) is 4.90. The molecule has 4 atom stereocenters. The third-order valence-electron chi connectivity index (χ3n) is 2.12. The van der Waals surface area contributed by atoms with Crippen LogP contribution in [-0.2, 0) is 4.74 Å². The predicted molar refractivity (Wildman–Crippen MR) is 55.5 cm³/mol. The van der Waals surface area contributed by atoms with E-state index in [2.05, 4.69) is 14.7 Å². The van der Waals surface area contributed by atoms with E-state index in [0.717, 1.165) is 6.33 Å². The van der Waals surface area contributed by atoms with Crippen molar-refractivity contribution in [1.82, 2.24) is 15.0 Å². The topological polar surface area (TPSA) is 169 Å². The smallest absolute Gasteiger partial charge is 0.350 e. The number of aliphatic hydroxyl groups excluding tert-OH is 4. The molecule has 0 aromatic carbocycles. The summed E-state index contributed by atoms with van der Waals surface area (Å²) in [5.74, 6) is 0. The molecule has 0 saturated carbocycles. The van der Waals surface area contributed by atoms with Gasteiger partial charge in [0, 0.05) is 0 Å². The molecule has 1 unspecified atom stereocenters. The molecule has 2 rings (SSSR count). The van der Waals surface area contributed by atoms with Gasteiger partial charge in [0.15, 0.2) is 6.29 Å². The van der Waals surface area contributed by atoms with Crippen LogP contribution in [0.15, 0.2) is 15.9 Å². The summed E-state index contributed by atoms with van der Waals surface area (Å²) in [6.45, 7) is -0.407. The normalized spacial score (nSPS) is 30.7. The maximum atomic E-state index is 10.1. The molecule has 1 aromatic rings. The van der Waals surface area contributed by atoms with Crippen LogP contribution < -0.4 is 11.4 Å². The minimum absolute atomic E-state index is 0.407. The minimum Gasteiger partial charge on any atom is -0.394 e. The molecule has 1 aliphatic rings. The van der Waals surface area contributed by atoms with Crippen LogP contribution >= 0.6 is 0 Å². The van der Waals surface area contributed by atoms with Crippen molar-refractivity contribution < 1.29 is 25.2 Å². The Labute approximate surface area is 99.5 Å². The zero-order valence-corrected chi connectivity index (χ0v) is 9.05. The van der Waals surface area contributed by atoms with Gasteiger partial charge >= 0.3 is 11.4 Å². The zero-order valence-electron chi connectivity index (χ0n) is 9.05. The molecule has 102 valence electrons. The fraction of sp³-hybridized carbons (Fsp3) is 0.625. The lowest BCUT2D eigenvalue weighted by atomic mass is 10.1. The molecular formula is C8H13N3O7. The number of ether oxygens (including phenoxy) is 1. The SMILES string of the molecule is O=c1nc[nH]c(=O)[nH]1.OC[C@H]1OC(O)[C@H](O)[C@@H]1O. The average molecular weight is 263 g/mol. The summed E-state index contributed by atoms with van der Waals surface area (Å²) >= 11 is 0. The summed E-state index contributed by atoms with van der Waals surface area (Å²) in [6, 6.07) is 0. The number of aromatic nitrogens is 3. The molecule has 0 amide bonds.